The van der Waals surface area contributed by atoms with Gasteiger partial charge in [-0.2, -0.15) is 0 Å². The van der Waals surface area contributed by atoms with E-state index in [1.165, 1.54) is 0 Å². The zero-order chi connectivity index (χ0) is 13.5. The van der Waals surface area contributed by atoms with Gasteiger partial charge in [0.05, 0.1) is 12.0 Å². The van der Waals surface area contributed by atoms with Crippen molar-refractivity contribution in [2.45, 2.75) is 51.7 Å². The van der Waals surface area contributed by atoms with Crippen LogP contribution in [0, 0.1) is 11.8 Å². The highest BCUT2D eigenvalue weighted by atomic mass is 16.6. The van der Waals surface area contributed by atoms with Gasteiger partial charge in [0.15, 0.2) is 0 Å². The number of carbonyl (C=O) groups excluding carboxylic acids is 1. The number of amides is 1. The summed E-state index contributed by atoms with van der Waals surface area (Å²) < 4.78 is 5.35. The van der Waals surface area contributed by atoms with Gasteiger partial charge >= 0.3 is 12.1 Å². The number of ether oxygens (including phenoxy) is 1. The summed E-state index contributed by atoms with van der Waals surface area (Å²) in [4.78, 5) is 24.9. The minimum Gasteiger partial charge on any atom is -0.481 e. The van der Waals surface area contributed by atoms with Crippen LogP contribution in [0.2, 0.25) is 0 Å². The molecule has 1 amide bonds. The highest BCUT2D eigenvalue weighted by molar-refractivity contribution is 5.75. The van der Waals surface area contributed by atoms with Gasteiger partial charge in [-0.3, -0.25) is 4.79 Å². The van der Waals surface area contributed by atoms with E-state index in [0.717, 1.165) is 12.8 Å². The zero-order valence-electron chi connectivity index (χ0n) is 11.2. The van der Waals surface area contributed by atoms with Gasteiger partial charge in [-0.1, -0.05) is 0 Å². The predicted molar refractivity (Wildman–Crippen MR) is 65.2 cm³/mol. The molecular weight excluding hydrogens is 234 g/mol. The zero-order valence-corrected chi connectivity index (χ0v) is 11.2. The molecule has 102 valence electrons. The molecule has 2 aliphatic rings. The van der Waals surface area contributed by atoms with Crippen LogP contribution in [0.1, 0.15) is 40.0 Å². The van der Waals surface area contributed by atoms with Crippen molar-refractivity contribution >= 4 is 12.1 Å². The van der Waals surface area contributed by atoms with E-state index < -0.39 is 17.5 Å². The Morgan fingerprint density at radius 3 is 2.28 bits per heavy atom. The molecular formula is C13H21NO4. The molecule has 0 aromatic rings. The van der Waals surface area contributed by atoms with E-state index in [9.17, 15) is 14.7 Å². The third-order valence-electron chi connectivity index (χ3n) is 3.50. The molecule has 2 atom stereocenters. The van der Waals surface area contributed by atoms with Crippen molar-refractivity contribution in [2.75, 3.05) is 6.54 Å². The lowest BCUT2D eigenvalue weighted by Crippen LogP contribution is -2.43. The van der Waals surface area contributed by atoms with Gasteiger partial charge in [-0.15, -0.1) is 0 Å². The molecule has 5 heteroatoms. The maximum atomic E-state index is 12.1. The number of carboxylic acids is 1. The lowest BCUT2D eigenvalue weighted by atomic mass is 9.97. The van der Waals surface area contributed by atoms with E-state index in [4.69, 9.17) is 4.74 Å². The molecule has 0 unspecified atom stereocenters. The molecule has 1 N–H and O–H groups in total. The molecule has 1 aliphatic carbocycles. The minimum absolute atomic E-state index is 0.169. The van der Waals surface area contributed by atoms with Crippen molar-refractivity contribution < 1.29 is 19.4 Å². The van der Waals surface area contributed by atoms with Crippen LogP contribution >= 0.6 is 0 Å². The molecule has 0 aromatic carbocycles. The monoisotopic (exact) mass is 255 g/mol. The van der Waals surface area contributed by atoms with Crippen LogP contribution in [-0.4, -0.2) is 40.3 Å². The SMILES string of the molecule is CC(C)(C)OC(=O)N1CC[C@H](C(=O)O)[C@H]1C1CC1. The van der Waals surface area contributed by atoms with E-state index in [2.05, 4.69) is 0 Å². The lowest BCUT2D eigenvalue weighted by molar-refractivity contribution is -0.142. The van der Waals surface area contributed by atoms with Gasteiger partial charge in [0.2, 0.25) is 0 Å². The summed E-state index contributed by atoms with van der Waals surface area (Å²) >= 11 is 0. The molecule has 1 aliphatic heterocycles. The first-order chi connectivity index (χ1) is 8.29. The maximum absolute atomic E-state index is 12.1. The molecule has 1 heterocycles. The maximum Gasteiger partial charge on any atom is 0.410 e. The molecule has 0 aromatic heterocycles. The smallest absolute Gasteiger partial charge is 0.410 e. The average molecular weight is 255 g/mol. The molecule has 0 bridgehead atoms. The fourth-order valence-electron chi connectivity index (χ4n) is 2.64. The van der Waals surface area contributed by atoms with Crippen LogP contribution < -0.4 is 0 Å². The summed E-state index contributed by atoms with van der Waals surface area (Å²) in [7, 11) is 0. The van der Waals surface area contributed by atoms with E-state index in [-0.39, 0.29) is 12.1 Å². The van der Waals surface area contributed by atoms with Crippen molar-refractivity contribution in [3.8, 4) is 0 Å². The normalized spacial score (nSPS) is 28.3. The van der Waals surface area contributed by atoms with Gasteiger partial charge in [0.1, 0.15) is 5.60 Å². The number of hydrogen-bond donors (Lipinski definition) is 1. The Hall–Kier alpha value is -1.26. The van der Waals surface area contributed by atoms with E-state index in [0.29, 0.717) is 18.9 Å². The van der Waals surface area contributed by atoms with E-state index in [1.54, 1.807) is 4.90 Å². The second-order valence-corrected chi connectivity index (χ2v) is 6.24. The molecule has 2 fully saturated rings. The van der Waals surface area contributed by atoms with E-state index in [1.807, 2.05) is 20.8 Å². The first-order valence-corrected chi connectivity index (χ1v) is 6.52. The Morgan fingerprint density at radius 1 is 1.22 bits per heavy atom. The first-order valence-electron chi connectivity index (χ1n) is 6.52. The Labute approximate surface area is 107 Å². The summed E-state index contributed by atoms with van der Waals surface area (Å²) in [6.07, 6.45) is 2.21. The molecule has 2 rings (SSSR count). The van der Waals surface area contributed by atoms with Crippen LogP contribution in [0.4, 0.5) is 4.79 Å². The van der Waals surface area contributed by atoms with Crippen LogP contribution in [0.25, 0.3) is 0 Å². The topological polar surface area (TPSA) is 66.8 Å². The summed E-state index contributed by atoms with van der Waals surface area (Å²) in [5.74, 6) is -0.871. The summed E-state index contributed by atoms with van der Waals surface area (Å²) in [5, 5.41) is 9.21. The number of hydrogen-bond acceptors (Lipinski definition) is 3. The lowest BCUT2D eigenvalue weighted by Gasteiger charge is -2.29. The standard InChI is InChI=1S/C13H21NO4/c1-13(2,3)18-12(17)14-7-6-9(11(15)16)10(14)8-4-5-8/h8-10H,4-7H2,1-3H3,(H,15,16)/t9-,10+/m0/s1. The molecule has 1 saturated carbocycles. The largest absolute Gasteiger partial charge is 0.481 e. The quantitative estimate of drug-likeness (QED) is 0.820. The molecule has 1 saturated heterocycles. The predicted octanol–water partition coefficient (Wildman–Crippen LogP) is 2.11. The number of nitrogens with zero attached hydrogens (tertiary/aromatic N) is 1. The van der Waals surface area contributed by atoms with Crippen LogP contribution in [-0.2, 0) is 9.53 Å². The van der Waals surface area contributed by atoms with Crippen LogP contribution in [0.5, 0.6) is 0 Å². The number of carbonyl (C=O) groups is 2. The van der Waals surface area contributed by atoms with Crippen LogP contribution in [0.15, 0.2) is 0 Å². The van der Waals surface area contributed by atoms with Crippen LogP contribution in [0.3, 0.4) is 0 Å². The van der Waals surface area contributed by atoms with Gasteiger partial charge in [0.25, 0.3) is 0 Å². The average Bonchev–Trinajstić information content (AvgIpc) is 2.93. The minimum atomic E-state index is -0.794. The highest BCUT2D eigenvalue weighted by Crippen LogP contribution is 2.43. The second-order valence-electron chi connectivity index (χ2n) is 6.24. The van der Waals surface area contributed by atoms with Crippen molar-refractivity contribution in [1.82, 2.24) is 4.90 Å². The van der Waals surface area contributed by atoms with Crippen molar-refractivity contribution in [3.63, 3.8) is 0 Å². The fourth-order valence-corrected chi connectivity index (χ4v) is 2.64. The molecule has 18 heavy (non-hydrogen) atoms. The molecule has 0 radical (unpaired) electrons. The summed E-state index contributed by atoms with van der Waals surface area (Å²) in [5.41, 5.74) is -0.535. The van der Waals surface area contributed by atoms with Crippen molar-refractivity contribution in [2.24, 2.45) is 11.8 Å². The highest BCUT2D eigenvalue weighted by Gasteiger charge is 2.49. The third kappa shape index (κ3) is 2.76. The number of rotatable bonds is 2. The van der Waals surface area contributed by atoms with Gasteiger partial charge < -0.3 is 14.7 Å². The van der Waals surface area contributed by atoms with Crippen molar-refractivity contribution in [3.05, 3.63) is 0 Å². The molecule has 0 spiro atoms. The Bertz CT molecular complexity index is 356. The third-order valence-corrected chi connectivity index (χ3v) is 3.50. The summed E-state index contributed by atoms with van der Waals surface area (Å²) in [6, 6.07) is -0.169. The Kier molecular flexibility index (Phi) is 3.25. The van der Waals surface area contributed by atoms with E-state index >= 15 is 0 Å². The number of carboxylic acid groups (broad SMARTS) is 1. The Morgan fingerprint density at radius 2 is 1.83 bits per heavy atom. The first kappa shape index (κ1) is 13.2. The number of likely N-dealkylation sites (tertiary alicyclic amines) is 1. The van der Waals surface area contributed by atoms with Gasteiger partial charge in [-0.25, -0.2) is 4.79 Å². The van der Waals surface area contributed by atoms with Gasteiger partial charge in [-0.05, 0) is 46.0 Å². The summed E-state index contributed by atoms with van der Waals surface area (Å²) in [6.45, 7) is 5.96. The number of aliphatic carboxylic acids is 1. The molecule has 5 nitrogen and oxygen atoms in total. The van der Waals surface area contributed by atoms with Crippen molar-refractivity contribution in [1.29, 1.82) is 0 Å². The fraction of sp³-hybridized carbons (Fsp3) is 0.846. The second kappa shape index (κ2) is 4.44. The van der Waals surface area contributed by atoms with Gasteiger partial charge in [0, 0.05) is 6.54 Å². The Balaban J connectivity index is 2.08.